The molecule has 0 fully saturated rings. The lowest BCUT2D eigenvalue weighted by atomic mass is 9.97. The predicted molar refractivity (Wildman–Crippen MR) is 170 cm³/mol. The summed E-state index contributed by atoms with van der Waals surface area (Å²) in [7, 11) is 0. The summed E-state index contributed by atoms with van der Waals surface area (Å²) >= 11 is 6.77. The summed E-state index contributed by atoms with van der Waals surface area (Å²) in [5.74, 6) is 0.914. The summed E-state index contributed by atoms with van der Waals surface area (Å²) in [5, 5.41) is 0.757. The molecule has 0 spiro atoms. The zero-order valence-electron chi connectivity index (χ0n) is 23.9. The highest BCUT2D eigenvalue weighted by molar-refractivity contribution is 6.33. The van der Waals surface area contributed by atoms with E-state index in [2.05, 4.69) is 99.6 Å². The van der Waals surface area contributed by atoms with E-state index in [4.69, 9.17) is 16.3 Å². The first-order valence-electron chi connectivity index (χ1n) is 14.8. The lowest BCUT2D eigenvalue weighted by Crippen LogP contribution is -2.11. The summed E-state index contributed by atoms with van der Waals surface area (Å²) in [6.45, 7) is 6.64. The van der Waals surface area contributed by atoms with Crippen molar-refractivity contribution in [2.75, 3.05) is 0 Å². The Morgan fingerprint density at radius 1 is 0.590 bits per heavy atom. The van der Waals surface area contributed by atoms with Crippen LogP contribution in [-0.2, 0) is 6.42 Å². The molecule has 0 amide bonds. The molecule has 0 radical (unpaired) electrons. The van der Waals surface area contributed by atoms with Gasteiger partial charge in [-0.25, -0.2) is 0 Å². The third-order valence-electron chi connectivity index (χ3n) is 7.51. The molecule has 2 heteroatoms. The molecule has 0 saturated heterocycles. The third kappa shape index (κ3) is 8.48. The molecule has 0 heterocycles. The Labute approximate surface area is 241 Å². The molecule has 204 valence electrons. The maximum absolute atomic E-state index is 6.77. The molecule has 4 aromatic carbocycles. The minimum absolute atomic E-state index is 0.233. The van der Waals surface area contributed by atoms with Crippen LogP contribution in [0.3, 0.4) is 0 Å². The lowest BCUT2D eigenvalue weighted by Gasteiger charge is -2.15. The van der Waals surface area contributed by atoms with E-state index in [9.17, 15) is 0 Å². The van der Waals surface area contributed by atoms with Crippen LogP contribution in [0.4, 0.5) is 0 Å². The topological polar surface area (TPSA) is 9.23 Å². The van der Waals surface area contributed by atoms with Gasteiger partial charge in [0.05, 0.1) is 6.10 Å². The van der Waals surface area contributed by atoms with Crippen molar-refractivity contribution in [2.24, 2.45) is 0 Å². The highest BCUT2D eigenvalue weighted by Crippen LogP contribution is 2.34. The normalized spacial score (nSPS) is 11.9. The summed E-state index contributed by atoms with van der Waals surface area (Å²) in [6, 6.07) is 32.5. The van der Waals surface area contributed by atoms with Crippen LogP contribution < -0.4 is 4.74 Å². The number of unbranched alkanes of at least 4 members (excludes halogenated alkanes) is 5. The minimum Gasteiger partial charge on any atom is -0.491 e. The van der Waals surface area contributed by atoms with Gasteiger partial charge in [0.1, 0.15) is 5.75 Å². The monoisotopic (exact) mass is 538 g/mol. The van der Waals surface area contributed by atoms with Gasteiger partial charge in [-0.15, -0.1) is 0 Å². The van der Waals surface area contributed by atoms with E-state index < -0.39 is 0 Å². The molecule has 39 heavy (non-hydrogen) atoms. The smallest absolute Gasteiger partial charge is 0.119 e. The average Bonchev–Trinajstić information content (AvgIpc) is 2.96. The zero-order chi connectivity index (χ0) is 27.5. The Bertz CT molecular complexity index is 1270. The largest absolute Gasteiger partial charge is 0.491 e. The van der Waals surface area contributed by atoms with Crippen molar-refractivity contribution in [3.05, 3.63) is 102 Å². The second-order valence-corrected chi connectivity index (χ2v) is 11.1. The van der Waals surface area contributed by atoms with Crippen LogP contribution in [0.1, 0.15) is 77.7 Å². The van der Waals surface area contributed by atoms with Gasteiger partial charge >= 0.3 is 0 Å². The second kappa shape index (κ2) is 14.9. The fraction of sp³-hybridized carbons (Fsp3) is 0.351. The third-order valence-corrected chi connectivity index (χ3v) is 7.82. The molecule has 0 aliphatic carbocycles. The Morgan fingerprint density at radius 3 is 1.74 bits per heavy atom. The number of rotatable bonds is 14. The van der Waals surface area contributed by atoms with Crippen LogP contribution in [0.5, 0.6) is 5.75 Å². The van der Waals surface area contributed by atoms with E-state index >= 15 is 0 Å². The van der Waals surface area contributed by atoms with Crippen LogP contribution in [0.25, 0.3) is 33.4 Å². The summed E-state index contributed by atoms with van der Waals surface area (Å²) in [6.07, 6.45) is 11.4. The number of halogens is 1. The zero-order valence-corrected chi connectivity index (χ0v) is 24.6. The summed E-state index contributed by atoms with van der Waals surface area (Å²) < 4.78 is 6.10. The number of aryl methyl sites for hydroxylation is 1. The van der Waals surface area contributed by atoms with Crippen LogP contribution >= 0.6 is 11.6 Å². The van der Waals surface area contributed by atoms with Crippen molar-refractivity contribution < 1.29 is 4.74 Å². The van der Waals surface area contributed by atoms with Crippen molar-refractivity contribution in [2.45, 2.75) is 84.7 Å². The molecule has 0 aliphatic rings. The van der Waals surface area contributed by atoms with Gasteiger partial charge in [0, 0.05) is 10.6 Å². The van der Waals surface area contributed by atoms with Gasteiger partial charge in [0.2, 0.25) is 0 Å². The first-order valence-corrected chi connectivity index (χ1v) is 15.2. The number of hydrogen-bond acceptors (Lipinski definition) is 1. The molecule has 4 rings (SSSR count). The van der Waals surface area contributed by atoms with Gasteiger partial charge < -0.3 is 4.74 Å². The maximum atomic E-state index is 6.77. The standard InChI is InChI=1S/C37H43ClO/c1-4-6-8-10-12-29-13-15-30(16-14-29)31-17-19-32(20-18-31)34-23-26-36(37(38)27-34)33-21-24-35(25-22-33)39-28(3)11-9-7-5-2/h13-28H,4-12H2,1-3H3. The molecule has 0 aromatic heterocycles. The van der Waals surface area contributed by atoms with Crippen LogP contribution in [0, 0.1) is 0 Å². The first kappa shape index (κ1) is 29.0. The summed E-state index contributed by atoms with van der Waals surface area (Å²) in [4.78, 5) is 0. The molecule has 1 nitrogen and oxygen atoms in total. The molecular formula is C37H43ClO. The molecule has 0 aliphatic heterocycles. The van der Waals surface area contributed by atoms with Gasteiger partial charge in [0.25, 0.3) is 0 Å². The van der Waals surface area contributed by atoms with Gasteiger partial charge in [0.15, 0.2) is 0 Å². The predicted octanol–water partition coefficient (Wildman–Crippen LogP) is 11.8. The van der Waals surface area contributed by atoms with Crippen molar-refractivity contribution in [1.29, 1.82) is 0 Å². The Morgan fingerprint density at radius 2 is 1.13 bits per heavy atom. The van der Waals surface area contributed by atoms with Crippen molar-refractivity contribution in [1.82, 2.24) is 0 Å². The highest BCUT2D eigenvalue weighted by Gasteiger charge is 2.09. The Balaban J connectivity index is 1.38. The maximum Gasteiger partial charge on any atom is 0.119 e. The van der Waals surface area contributed by atoms with E-state index in [1.54, 1.807) is 0 Å². The second-order valence-electron chi connectivity index (χ2n) is 10.7. The fourth-order valence-corrected chi connectivity index (χ4v) is 5.38. The van der Waals surface area contributed by atoms with E-state index in [0.717, 1.165) is 33.9 Å². The lowest BCUT2D eigenvalue weighted by molar-refractivity contribution is 0.206. The molecule has 4 aromatic rings. The molecule has 0 N–H and O–H groups in total. The van der Waals surface area contributed by atoms with E-state index in [1.807, 2.05) is 12.1 Å². The summed E-state index contributed by atoms with van der Waals surface area (Å²) in [5.41, 5.74) is 8.35. The number of benzene rings is 4. The van der Waals surface area contributed by atoms with Crippen LogP contribution in [0.2, 0.25) is 5.02 Å². The van der Waals surface area contributed by atoms with Crippen molar-refractivity contribution in [3.8, 4) is 39.1 Å². The van der Waals surface area contributed by atoms with E-state index in [0.29, 0.717) is 0 Å². The van der Waals surface area contributed by atoms with Gasteiger partial charge in [-0.1, -0.05) is 130 Å². The number of hydrogen-bond donors (Lipinski definition) is 0. The highest BCUT2D eigenvalue weighted by atomic mass is 35.5. The van der Waals surface area contributed by atoms with Gasteiger partial charge in [-0.05, 0) is 84.2 Å². The molecule has 1 atom stereocenters. The van der Waals surface area contributed by atoms with Crippen LogP contribution in [0.15, 0.2) is 91.0 Å². The minimum atomic E-state index is 0.233. The van der Waals surface area contributed by atoms with E-state index in [1.165, 1.54) is 73.6 Å². The Kier molecular flexibility index (Phi) is 11.1. The molecule has 0 bridgehead atoms. The van der Waals surface area contributed by atoms with Gasteiger partial charge in [-0.2, -0.15) is 0 Å². The van der Waals surface area contributed by atoms with Crippen molar-refractivity contribution in [3.63, 3.8) is 0 Å². The molecule has 1 unspecified atom stereocenters. The SMILES string of the molecule is CCCCCCc1ccc(-c2ccc(-c3ccc(-c4ccc(OC(C)CCCCC)cc4)c(Cl)c3)cc2)cc1. The molecular weight excluding hydrogens is 496 g/mol. The average molecular weight is 539 g/mol. The molecule has 0 saturated carbocycles. The van der Waals surface area contributed by atoms with E-state index in [-0.39, 0.29) is 6.10 Å². The Hall–Kier alpha value is -3.03. The first-order chi connectivity index (χ1) is 19.1. The van der Waals surface area contributed by atoms with Crippen LogP contribution in [-0.4, -0.2) is 6.10 Å². The van der Waals surface area contributed by atoms with Crippen molar-refractivity contribution >= 4 is 11.6 Å². The quantitative estimate of drug-likeness (QED) is 0.145. The van der Waals surface area contributed by atoms with Gasteiger partial charge in [-0.3, -0.25) is 0 Å². The fourth-order valence-electron chi connectivity index (χ4n) is 5.09. The number of ether oxygens (including phenoxy) is 1.